The zero-order chi connectivity index (χ0) is 17.9. The summed E-state index contributed by atoms with van der Waals surface area (Å²) >= 11 is 4.56. The molecule has 3 aromatic carbocycles. The second kappa shape index (κ2) is 6.98. The van der Waals surface area contributed by atoms with Crippen LogP contribution >= 0.6 is 12.6 Å². The van der Waals surface area contributed by atoms with Gasteiger partial charge in [-0.2, -0.15) is 14.8 Å². The monoisotopic (exact) mass is 357 g/mol. The van der Waals surface area contributed by atoms with E-state index >= 15 is 0 Å². The lowest BCUT2D eigenvalue weighted by molar-refractivity contribution is 0.770. The van der Waals surface area contributed by atoms with Crippen molar-refractivity contribution in [2.75, 3.05) is 0 Å². The molecule has 26 heavy (non-hydrogen) atoms. The molecular weight excluding hydrogens is 342 g/mol. The van der Waals surface area contributed by atoms with Crippen molar-refractivity contribution < 1.29 is 0 Å². The summed E-state index contributed by atoms with van der Waals surface area (Å²) in [6.07, 6.45) is 0. The van der Waals surface area contributed by atoms with Crippen LogP contribution in [-0.4, -0.2) is 14.8 Å². The van der Waals surface area contributed by atoms with Gasteiger partial charge in [-0.15, -0.1) is 12.6 Å². The molecule has 4 nitrogen and oxygen atoms in total. The molecular formula is C21H15N3OS. The minimum atomic E-state index is -0.421. The average molecular weight is 357 g/mol. The summed E-state index contributed by atoms with van der Waals surface area (Å²) in [7, 11) is 0. The lowest BCUT2D eigenvalue weighted by Crippen LogP contribution is -2.25. The van der Waals surface area contributed by atoms with E-state index in [0.717, 1.165) is 16.0 Å². The van der Waals surface area contributed by atoms with Crippen LogP contribution in [-0.2, 0) is 0 Å². The normalized spacial score (nSPS) is 10.7. The van der Waals surface area contributed by atoms with Gasteiger partial charge >= 0.3 is 5.69 Å². The van der Waals surface area contributed by atoms with Gasteiger partial charge in [0.2, 0.25) is 0 Å². The van der Waals surface area contributed by atoms with Gasteiger partial charge in [0, 0.05) is 16.0 Å². The first-order valence-corrected chi connectivity index (χ1v) is 8.59. The SMILES string of the molecule is O=c1nc(-c2ccccc2)c(-c2ccccc2S)nn1-c1ccccc1. The Kier molecular flexibility index (Phi) is 4.37. The first-order valence-electron chi connectivity index (χ1n) is 8.14. The van der Waals surface area contributed by atoms with E-state index in [1.165, 1.54) is 4.68 Å². The van der Waals surface area contributed by atoms with Gasteiger partial charge in [0.25, 0.3) is 0 Å². The highest BCUT2D eigenvalue weighted by atomic mass is 32.1. The molecule has 0 aliphatic carbocycles. The van der Waals surface area contributed by atoms with E-state index in [2.05, 4.69) is 22.7 Å². The standard InChI is InChI=1S/C21H15N3OS/c25-21-22-19(15-9-3-1-4-10-15)20(17-13-7-8-14-18(17)26)23-24(21)16-11-5-2-6-12-16/h1-14,26H. The highest BCUT2D eigenvalue weighted by Crippen LogP contribution is 2.31. The smallest absolute Gasteiger partial charge is 0.244 e. The van der Waals surface area contributed by atoms with E-state index in [-0.39, 0.29) is 0 Å². The maximum atomic E-state index is 12.7. The number of nitrogens with zero attached hydrogens (tertiary/aromatic N) is 3. The number of para-hydroxylation sites is 1. The quantitative estimate of drug-likeness (QED) is 0.558. The van der Waals surface area contributed by atoms with Crippen LogP contribution in [0, 0.1) is 0 Å². The summed E-state index contributed by atoms with van der Waals surface area (Å²) < 4.78 is 1.32. The Morgan fingerprint density at radius 1 is 0.731 bits per heavy atom. The molecule has 0 aliphatic heterocycles. The van der Waals surface area contributed by atoms with Crippen molar-refractivity contribution in [3.8, 4) is 28.2 Å². The van der Waals surface area contributed by atoms with Crippen molar-refractivity contribution in [3.63, 3.8) is 0 Å². The minimum Gasteiger partial charge on any atom is -0.244 e. The summed E-state index contributed by atoms with van der Waals surface area (Å²) in [4.78, 5) is 17.8. The molecule has 0 bridgehead atoms. The Bertz CT molecular complexity index is 1110. The van der Waals surface area contributed by atoms with Crippen LogP contribution in [0.1, 0.15) is 0 Å². The largest absolute Gasteiger partial charge is 0.369 e. The predicted octanol–water partition coefficient (Wildman–Crippen LogP) is 4.25. The molecule has 0 amide bonds. The summed E-state index contributed by atoms with van der Waals surface area (Å²) in [6.45, 7) is 0. The molecule has 0 atom stereocenters. The van der Waals surface area contributed by atoms with Crippen LogP contribution in [0.15, 0.2) is 94.6 Å². The Balaban J connectivity index is 2.03. The maximum Gasteiger partial charge on any atom is 0.369 e. The zero-order valence-corrected chi connectivity index (χ0v) is 14.7. The van der Waals surface area contributed by atoms with Crippen molar-refractivity contribution >= 4 is 12.6 Å². The molecule has 4 aromatic rings. The molecule has 0 N–H and O–H groups in total. The molecule has 0 saturated heterocycles. The van der Waals surface area contributed by atoms with Crippen LogP contribution in [0.2, 0.25) is 0 Å². The number of benzene rings is 3. The molecule has 0 unspecified atom stereocenters. The number of aromatic nitrogens is 3. The first kappa shape index (κ1) is 16.3. The Morgan fingerprint density at radius 2 is 1.35 bits per heavy atom. The molecule has 4 rings (SSSR count). The van der Waals surface area contributed by atoms with Crippen molar-refractivity contribution in [1.82, 2.24) is 14.8 Å². The lowest BCUT2D eigenvalue weighted by atomic mass is 10.0. The fourth-order valence-electron chi connectivity index (χ4n) is 2.78. The molecule has 5 heteroatoms. The number of thiol groups is 1. The summed E-state index contributed by atoms with van der Waals surface area (Å²) in [5.41, 5.74) is 3.07. The predicted molar refractivity (Wildman–Crippen MR) is 106 cm³/mol. The maximum absolute atomic E-state index is 12.7. The highest BCUT2D eigenvalue weighted by molar-refractivity contribution is 7.80. The van der Waals surface area contributed by atoms with Crippen LogP contribution in [0.25, 0.3) is 28.2 Å². The Morgan fingerprint density at radius 3 is 2.04 bits per heavy atom. The van der Waals surface area contributed by atoms with Crippen molar-refractivity contribution in [3.05, 3.63) is 95.4 Å². The second-order valence-corrected chi connectivity index (χ2v) is 6.20. The van der Waals surface area contributed by atoms with Crippen LogP contribution in [0.3, 0.4) is 0 Å². The van der Waals surface area contributed by atoms with E-state index in [0.29, 0.717) is 17.1 Å². The third-order valence-electron chi connectivity index (χ3n) is 4.02. The molecule has 0 fully saturated rings. The van der Waals surface area contributed by atoms with Gasteiger partial charge in [-0.3, -0.25) is 0 Å². The van der Waals surface area contributed by atoms with E-state index < -0.39 is 5.69 Å². The van der Waals surface area contributed by atoms with Gasteiger partial charge in [-0.25, -0.2) is 4.79 Å². The third kappa shape index (κ3) is 3.05. The Hall–Kier alpha value is -3.18. The first-order chi connectivity index (χ1) is 12.7. The number of hydrogen-bond donors (Lipinski definition) is 1. The molecule has 0 saturated carbocycles. The van der Waals surface area contributed by atoms with E-state index in [4.69, 9.17) is 0 Å². The third-order valence-corrected chi connectivity index (χ3v) is 4.41. The van der Waals surface area contributed by atoms with E-state index in [1.54, 1.807) is 0 Å². The van der Waals surface area contributed by atoms with Gasteiger partial charge < -0.3 is 0 Å². The van der Waals surface area contributed by atoms with Gasteiger partial charge in [-0.1, -0.05) is 66.7 Å². The topological polar surface area (TPSA) is 47.8 Å². The van der Waals surface area contributed by atoms with Crippen LogP contribution in [0.5, 0.6) is 0 Å². The molecule has 0 radical (unpaired) electrons. The van der Waals surface area contributed by atoms with Crippen LogP contribution in [0.4, 0.5) is 0 Å². The molecule has 0 aliphatic rings. The van der Waals surface area contributed by atoms with Crippen molar-refractivity contribution in [1.29, 1.82) is 0 Å². The summed E-state index contributed by atoms with van der Waals surface area (Å²) in [6, 6.07) is 26.5. The van der Waals surface area contributed by atoms with E-state index in [1.807, 2.05) is 84.9 Å². The van der Waals surface area contributed by atoms with Gasteiger partial charge in [0.1, 0.15) is 11.4 Å². The average Bonchev–Trinajstić information content (AvgIpc) is 2.70. The molecule has 1 heterocycles. The fourth-order valence-corrected chi connectivity index (χ4v) is 3.04. The zero-order valence-electron chi connectivity index (χ0n) is 13.8. The number of rotatable bonds is 3. The van der Waals surface area contributed by atoms with Gasteiger partial charge in [-0.05, 0) is 18.2 Å². The molecule has 1 aromatic heterocycles. The highest BCUT2D eigenvalue weighted by Gasteiger charge is 2.16. The fraction of sp³-hybridized carbons (Fsp3) is 0. The number of hydrogen-bond acceptors (Lipinski definition) is 4. The van der Waals surface area contributed by atoms with Gasteiger partial charge in [0.15, 0.2) is 0 Å². The van der Waals surface area contributed by atoms with E-state index in [9.17, 15) is 4.79 Å². The Labute approximate surface area is 156 Å². The van der Waals surface area contributed by atoms with Crippen molar-refractivity contribution in [2.24, 2.45) is 0 Å². The summed E-state index contributed by atoms with van der Waals surface area (Å²) in [5.74, 6) is 0. The molecule has 126 valence electrons. The minimum absolute atomic E-state index is 0.421. The summed E-state index contributed by atoms with van der Waals surface area (Å²) in [5, 5.41) is 4.64. The van der Waals surface area contributed by atoms with Gasteiger partial charge in [0.05, 0.1) is 5.69 Å². The van der Waals surface area contributed by atoms with Crippen LogP contribution < -0.4 is 5.69 Å². The molecule has 0 spiro atoms. The lowest BCUT2D eigenvalue weighted by Gasteiger charge is -2.12. The van der Waals surface area contributed by atoms with Crippen molar-refractivity contribution in [2.45, 2.75) is 4.90 Å². The second-order valence-electron chi connectivity index (χ2n) is 5.72.